The Bertz CT molecular complexity index is 1590. The predicted octanol–water partition coefficient (Wildman–Crippen LogP) is 4.77. The van der Waals surface area contributed by atoms with Crippen LogP contribution in [-0.4, -0.2) is 31.8 Å². The minimum atomic E-state index is -4.07. The largest absolute Gasteiger partial charge is 0.348 e. The highest BCUT2D eigenvalue weighted by Crippen LogP contribution is 2.28. The van der Waals surface area contributed by atoms with E-state index in [-0.39, 0.29) is 28.6 Å². The molecule has 0 spiro atoms. The molecular formula is C30H30N4O4S. The second kappa shape index (κ2) is 11.9. The van der Waals surface area contributed by atoms with E-state index < -0.39 is 22.5 Å². The van der Waals surface area contributed by atoms with Crippen LogP contribution in [0, 0.1) is 20.8 Å². The molecule has 1 heterocycles. The number of aromatic nitrogens is 1. The molecule has 200 valence electrons. The van der Waals surface area contributed by atoms with Crippen molar-refractivity contribution in [1.29, 1.82) is 0 Å². The number of hydrogen-bond donors (Lipinski definition) is 2. The van der Waals surface area contributed by atoms with E-state index in [4.69, 9.17) is 0 Å². The number of anilines is 2. The van der Waals surface area contributed by atoms with Crippen LogP contribution in [0.25, 0.3) is 0 Å². The van der Waals surface area contributed by atoms with Crippen LogP contribution in [0.15, 0.2) is 96.2 Å². The van der Waals surface area contributed by atoms with Crippen molar-refractivity contribution < 1.29 is 18.0 Å². The minimum Gasteiger partial charge on any atom is -0.348 e. The summed E-state index contributed by atoms with van der Waals surface area (Å²) in [5.41, 5.74) is 4.38. The number of aryl methyl sites for hydroxylation is 3. The third-order valence-electron chi connectivity index (χ3n) is 6.14. The van der Waals surface area contributed by atoms with Gasteiger partial charge in [-0.2, -0.15) is 0 Å². The summed E-state index contributed by atoms with van der Waals surface area (Å²) in [6, 6.07) is 22.1. The van der Waals surface area contributed by atoms with E-state index in [1.807, 2.05) is 26.0 Å². The summed E-state index contributed by atoms with van der Waals surface area (Å²) >= 11 is 0. The summed E-state index contributed by atoms with van der Waals surface area (Å²) in [5, 5.41) is 5.56. The Morgan fingerprint density at radius 1 is 0.872 bits per heavy atom. The van der Waals surface area contributed by atoms with E-state index in [9.17, 15) is 18.0 Å². The highest BCUT2D eigenvalue weighted by atomic mass is 32.2. The van der Waals surface area contributed by atoms with Gasteiger partial charge in [0, 0.05) is 18.9 Å². The standard InChI is InChI=1S/C30H30N4O4S/c1-21-10-13-25(14-11-21)39(37,38)34(28-15-12-22(2)17-23(28)3)20-29(35)33-27-9-5-4-8-26(27)30(36)32-19-24-7-6-16-31-18-24/h4-18H,19-20H2,1-3H3,(H,32,36)(H,33,35). The first-order valence-electron chi connectivity index (χ1n) is 12.4. The SMILES string of the molecule is Cc1ccc(S(=O)(=O)N(CC(=O)Nc2ccccc2C(=O)NCc2cccnc2)c2ccc(C)cc2C)cc1. The number of carbonyl (C=O) groups is 2. The van der Waals surface area contributed by atoms with E-state index in [0.29, 0.717) is 11.3 Å². The molecule has 2 N–H and O–H groups in total. The zero-order valence-corrected chi connectivity index (χ0v) is 22.8. The first-order valence-corrected chi connectivity index (χ1v) is 13.8. The molecule has 0 aliphatic heterocycles. The highest BCUT2D eigenvalue weighted by Gasteiger charge is 2.28. The molecule has 0 saturated heterocycles. The maximum absolute atomic E-state index is 13.7. The van der Waals surface area contributed by atoms with Crippen LogP contribution in [0.3, 0.4) is 0 Å². The summed E-state index contributed by atoms with van der Waals surface area (Å²) in [7, 11) is -4.07. The summed E-state index contributed by atoms with van der Waals surface area (Å²) < 4.78 is 28.6. The van der Waals surface area contributed by atoms with Gasteiger partial charge in [0.25, 0.3) is 15.9 Å². The fourth-order valence-electron chi connectivity index (χ4n) is 4.11. The van der Waals surface area contributed by atoms with Gasteiger partial charge >= 0.3 is 0 Å². The van der Waals surface area contributed by atoms with Gasteiger partial charge in [-0.3, -0.25) is 18.9 Å². The highest BCUT2D eigenvalue weighted by molar-refractivity contribution is 7.92. The molecule has 4 rings (SSSR count). The molecule has 0 radical (unpaired) electrons. The van der Waals surface area contributed by atoms with Crippen molar-refractivity contribution in [2.45, 2.75) is 32.2 Å². The quantitative estimate of drug-likeness (QED) is 0.317. The Balaban J connectivity index is 1.59. The normalized spacial score (nSPS) is 11.1. The Morgan fingerprint density at radius 3 is 2.28 bits per heavy atom. The maximum Gasteiger partial charge on any atom is 0.264 e. The molecule has 2 amide bonds. The van der Waals surface area contributed by atoms with Crippen molar-refractivity contribution in [3.8, 4) is 0 Å². The Morgan fingerprint density at radius 2 is 1.59 bits per heavy atom. The average Bonchev–Trinajstić information content (AvgIpc) is 2.92. The van der Waals surface area contributed by atoms with Gasteiger partial charge in [0.1, 0.15) is 6.54 Å². The summed E-state index contributed by atoms with van der Waals surface area (Å²) in [4.78, 5) is 30.3. The topological polar surface area (TPSA) is 108 Å². The van der Waals surface area contributed by atoms with Gasteiger partial charge in [-0.1, -0.05) is 53.6 Å². The van der Waals surface area contributed by atoms with Gasteiger partial charge < -0.3 is 10.6 Å². The lowest BCUT2D eigenvalue weighted by Gasteiger charge is -2.26. The van der Waals surface area contributed by atoms with Crippen LogP contribution in [0.2, 0.25) is 0 Å². The molecule has 0 bridgehead atoms. The van der Waals surface area contributed by atoms with Gasteiger partial charge in [0.2, 0.25) is 5.91 Å². The monoisotopic (exact) mass is 542 g/mol. The molecule has 3 aromatic carbocycles. The predicted molar refractivity (Wildman–Crippen MR) is 152 cm³/mol. The molecule has 4 aromatic rings. The molecule has 9 heteroatoms. The van der Waals surface area contributed by atoms with Crippen molar-refractivity contribution in [3.05, 3.63) is 119 Å². The lowest BCUT2D eigenvalue weighted by molar-refractivity contribution is -0.114. The van der Waals surface area contributed by atoms with Crippen LogP contribution in [0.4, 0.5) is 11.4 Å². The zero-order valence-electron chi connectivity index (χ0n) is 22.0. The van der Waals surface area contributed by atoms with E-state index in [0.717, 1.165) is 21.0 Å². The number of nitrogens with zero attached hydrogens (tertiary/aromatic N) is 2. The van der Waals surface area contributed by atoms with Crippen LogP contribution in [0.5, 0.6) is 0 Å². The van der Waals surface area contributed by atoms with E-state index >= 15 is 0 Å². The van der Waals surface area contributed by atoms with E-state index in [1.54, 1.807) is 73.9 Å². The molecule has 8 nitrogen and oxygen atoms in total. The number of nitrogens with one attached hydrogen (secondary N) is 2. The Labute approximate surface area is 228 Å². The zero-order chi connectivity index (χ0) is 28.0. The van der Waals surface area contributed by atoms with Crippen molar-refractivity contribution >= 4 is 33.2 Å². The molecule has 0 fully saturated rings. The van der Waals surface area contributed by atoms with Gasteiger partial charge in [0.05, 0.1) is 21.8 Å². The fourth-order valence-corrected chi connectivity index (χ4v) is 5.60. The van der Waals surface area contributed by atoms with Crippen LogP contribution >= 0.6 is 0 Å². The van der Waals surface area contributed by atoms with Crippen molar-refractivity contribution in [1.82, 2.24) is 10.3 Å². The van der Waals surface area contributed by atoms with Gasteiger partial charge in [-0.15, -0.1) is 0 Å². The summed E-state index contributed by atoms with van der Waals surface area (Å²) in [6.45, 7) is 5.38. The molecule has 0 aliphatic carbocycles. The van der Waals surface area contributed by atoms with Crippen molar-refractivity contribution in [3.63, 3.8) is 0 Å². The fraction of sp³-hybridized carbons (Fsp3) is 0.167. The second-order valence-electron chi connectivity index (χ2n) is 9.25. The first kappa shape index (κ1) is 27.5. The van der Waals surface area contributed by atoms with Crippen LogP contribution in [0.1, 0.15) is 32.6 Å². The Kier molecular flexibility index (Phi) is 8.41. The minimum absolute atomic E-state index is 0.0797. The van der Waals surface area contributed by atoms with Crippen LogP contribution < -0.4 is 14.9 Å². The molecule has 0 saturated carbocycles. The van der Waals surface area contributed by atoms with Crippen molar-refractivity contribution in [2.24, 2.45) is 0 Å². The number of amides is 2. The Hall–Kier alpha value is -4.50. The molecule has 0 unspecified atom stereocenters. The smallest absolute Gasteiger partial charge is 0.264 e. The third kappa shape index (κ3) is 6.69. The third-order valence-corrected chi connectivity index (χ3v) is 7.91. The molecule has 0 aliphatic rings. The number of benzene rings is 3. The molecule has 1 aromatic heterocycles. The van der Waals surface area contributed by atoms with Gasteiger partial charge in [-0.25, -0.2) is 8.42 Å². The number of sulfonamides is 1. The van der Waals surface area contributed by atoms with E-state index in [2.05, 4.69) is 15.6 Å². The second-order valence-corrected chi connectivity index (χ2v) is 11.1. The first-order chi connectivity index (χ1) is 18.6. The molecule has 0 atom stereocenters. The van der Waals surface area contributed by atoms with Crippen LogP contribution in [-0.2, 0) is 21.4 Å². The van der Waals surface area contributed by atoms with E-state index in [1.165, 1.54) is 12.1 Å². The number of rotatable bonds is 9. The van der Waals surface area contributed by atoms with Crippen molar-refractivity contribution in [2.75, 3.05) is 16.2 Å². The van der Waals surface area contributed by atoms with Gasteiger partial charge in [0.15, 0.2) is 0 Å². The summed E-state index contributed by atoms with van der Waals surface area (Å²) in [5.74, 6) is -0.966. The average molecular weight is 543 g/mol. The lowest BCUT2D eigenvalue weighted by Crippen LogP contribution is -2.39. The van der Waals surface area contributed by atoms with Gasteiger partial charge in [-0.05, 0) is 68.3 Å². The number of pyridine rings is 1. The number of hydrogen-bond acceptors (Lipinski definition) is 5. The number of para-hydroxylation sites is 1. The molecule has 39 heavy (non-hydrogen) atoms. The summed E-state index contributed by atoms with van der Waals surface area (Å²) in [6.07, 6.45) is 3.31. The maximum atomic E-state index is 13.7. The molecular weight excluding hydrogens is 512 g/mol. The lowest BCUT2D eigenvalue weighted by atomic mass is 10.1. The number of carbonyl (C=O) groups excluding carboxylic acids is 2.